The van der Waals surface area contributed by atoms with Gasteiger partial charge in [-0.3, -0.25) is 0 Å². The number of anilines is 1. The molecule has 0 saturated carbocycles. The molecule has 2 N–H and O–H groups in total. The van der Waals surface area contributed by atoms with Crippen LogP contribution in [0.4, 0.5) is 5.82 Å². The van der Waals surface area contributed by atoms with E-state index in [1.807, 2.05) is 19.9 Å². The van der Waals surface area contributed by atoms with Crippen molar-refractivity contribution in [2.75, 3.05) is 12.3 Å². The highest BCUT2D eigenvalue weighted by atomic mass is 16.5. The van der Waals surface area contributed by atoms with Crippen LogP contribution in [0.25, 0.3) is 0 Å². The fourth-order valence-electron chi connectivity index (χ4n) is 1.57. The van der Waals surface area contributed by atoms with Gasteiger partial charge in [0.05, 0.1) is 0 Å². The molecule has 0 amide bonds. The Balaban J connectivity index is 2.89. The normalized spacial score (nSPS) is 13.1. The highest BCUT2D eigenvalue weighted by molar-refractivity contribution is 5.30. The second-order valence-electron chi connectivity index (χ2n) is 4.34. The van der Waals surface area contributed by atoms with E-state index in [-0.39, 0.29) is 6.10 Å². The average molecular weight is 223 g/mol. The van der Waals surface area contributed by atoms with Gasteiger partial charge in [-0.25, -0.2) is 9.97 Å². The van der Waals surface area contributed by atoms with Crippen molar-refractivity contribution < 1.29 is 4.74 Å². The molecule has 1 unspecified atom stereocenters. The number of ether oxygens (including phenoxy) is 1. The third-order valence-corrected chi connectivity index (χ3v) is 2.21. The summed E-state index contributed by atoms with van der Waals surface area (Å²) >= 11 is 0. The Bertz CT molecular complexity index is 339. The zero-order valence-corrected chi connectivity index (χ0v) is 10.5. The highest BCUT2D eigenvalue weighted by Gasteiger charge is 2.11. The second kappa shape index (κ2) is 5.80. The maximum absolute atomic E-state index is 5.76. The minimum Gasteiger partial charge on any atom is -0.384 e. The molecular formula is C12H21N3O. The summed E-state index contributed by atoms with van der Waals surface area (Å²) in [6.45, 7) is 8.86. The van der Waals surface area contributed by atoms with E-state index in [1.165, 1.54) is 0 Å². The molecule has 0 bridgehead atoms. The van der Waals surface area contributed by atoms with Crippen LogP contribution in [0.1, 0.15) is 45.3 Å². The lowest BCUT2D eigenvalue weighted by Gasteiger charge is -2.12. The standard InChI is InChI=1S/C12H21N3O/c1-5-16-9(4)12-14-10(6-8(2)3)7-11(13)15-12/h7-9H,5-6H2,1-4H3,(H2,13,14,15). The van der Waals surface area contributed by atoms with Gasteiger partial charge in [-0.1, -0.05) is 13.8 Å². The third-order valence-electron chi connectivity index (χ3n) is 2.21. The number of rotatable bonds is 5. The van der Waals surface area contributed by atoms with Gasteiger partial charge in [0.1, 0.15) is 11.9 Å². The first kappa shape index (κ1) is 12.9. The lowest BCUT2D eigenvalue weighted by atomic mass is 10.1. The molecule has 0 spiro atoms. The van der Waals surface area contributed by atoms with E-state index in [4.69, 9.17) is 10.5 Å². The van der Waals surface area contributed by atoms with Crippen LogP contribution in [0.3, 0.4) is 0 Å². The van der Waals surface area contributed by atoms with Crippen LogP contribution in [-0.4, -0.2) is 16.6 Å². The predicted molar refractivity (Wildman–Crippen MR) is 65.0 cm³/mol. The van der Waals surface area contributed by atoms with Crippen molar-refractivity contribution in [2.45, 2.75) is 40.2 Å². The van der Waals surface area contributed by atoms with Gasteiger partial charge < -0.3 is 10.5 Å². The van der Waals surface area contributed by atoms with Crippen LogP contribution in [-0.2, 0) is 11.2 Å². The molecule has 1 aromatic heterocycles. The van der Waals surface area contributed by atoms with Crippen LogP contribution in [0.15, 0.2) is 6.07 Å². The Morgan fingerprint density at radius 3 is 2.56 bits per heavy atom. The summed E-state index contributed by atoms with van der Waals surface area (Å²) in [6, 6.07) is 1.84. The average Bonchev–Trinajstić information content (AvgIpc) is 2.15. The molecular weight excluding hydrogens is 202 g/mol. The molecule has 16 heavy (non-hydrogen) atoms. The van der Waals surface area contributed by atoms with E-state index < -0.39 is 0 Å². The van der Waals surface area contributed by atoms with Crippen LogP contribution < -0.4 is 5.73 Å². The van der Waals surface area contributed by atoms with Crippen molar-refractivity contribution >= 4 is 5.82 Å². The van der Waals surface area contributed by atoms with E-state index in [0.717, 1.165) is 12.1 Å². The molecule has 0 saturated heterocycles. The maximum atomic E-state index is 5.76. The zero-order valence-electron chi connectivity index (χ0n) is 10.5. The van der Waals surface area contributed by atoms with Crippen molar-refractivity contribution in [2.24, 2.45) is 5.92 Å². The molecule has 4 nitrogen and oxygen atoms in total. The molecule has 1 rings (SSSR count). The van der Waals surface area contributed by atoms with Crippen LogP contribution in [0, 0.1) is 5.92 Å². The lowest BCUT2D eigenvalue weighted by Crippen LogP contribution is -2.10. The molecule has 0 aliphatic rings. The number of nitrogens with two attached hydrogens (primary N) is 1. The fourth-order valence-corrected chi connectivity index (χ4v) is 1.57. The quantitative estimate of drug-likeness (QED) is 0.832. The zero-order chi connectivity index (χ0) is 12.1. The molecule has 1 aromatic rings. The Labute approximate surface area is 97.2 Å². The first-order valence-electron chi connectivity index (χ1n) is 5.77. The van der Waals surface area contributed by atoms with Gasteiger partial charge in [0.25, 0.3) is 0 Å². The Morgan fingerprint density at radius 2 is 2.00 bits per heavy atom. The summed E-state index contributed by atoms with van der Waals surface area (Å²) in [5.74, 6) is 1.76. The number of nitrogens with zero attached hydrogens (tertiary/aromatic N) is 2. The molecule has 0 aliphatic heterocycles. The fraction of sp³-hybridized carbons (Fsp3) is 0.667. The molecule has 90 valence electrons. The Morgan fingerprint density at radius 1 is 1.31 bits per heavy atom. The summed E-state index contributed by atoms with van der Waals surface area (Å²) in [4.78, 5) is 8.68. The predicted octanol–water partition coefficient (Wildman–Crippen LogP) is 2.35. The molecule has 0 aliphatic carbocycles. The van der Waals surface area contributed by atoms with Gasteiger partial charge in [0, 0.05) is 18.4 Å². The SMILES string of the molecule is CCOC(C)c1nc(N)cc(CC(C)C)n1. The summed E-state index contributed by atoms with van der Waals surface area (Å²) in [5, 5.41) is 0. The molecule has 0 radical (unpaired) electrons. The van der Waals surface area contributed by atoms with Crippen molar-refractivity contribution in [3.05, 3.63) is 17.6 Å². The molecule has 0 fully saturated rings. The van der Waals surface area contributed by atoms with E-state index in [0.29, 0.717) is 24.2 Å². The first-order chi connectivity index (χ1) is 7.52. The molecule has 0 aromatic carbocycles. The minimum atomic E-state index is -0.0978. The first-order valence-corrected chi connectivity index (χ1v) is 5.77. The third kappa shape index (κ3) is 3.77. The summed E-state index contributed by atoms with van der Waals surface area (Å²) in [6.07, 6.45) is 0.817. The maximum Gasteiger partial charge on any atom is 0.159 e. The number of hydrogen-bond acceptors (Lipinski definition) is 4. The van der Waals surface area contributed by atoms with Gasteiger partial charge in [-0.2, -0.15) is 0 Å². The van der Waals surface area contributed by atoms with Gasteiger partial charge >= 0.3 is 0 Å². The van der Waals surface area contributed by atoms with Crippen molar-refractivity contribution in [1.82, 2.24) is 9.97 Å². The second-order valence-corrected chi connectivity index (χ2v) is 4.34. The van der Waals surface area contributed by atoms with Gasteiger partial charge in [0.15, 0.2) is 5.82 Å². The van der Waals surface area contributed by atoms with E-state index >= 15 is 0 Å². The summed E-state index contributed by atoms with van der Waals surface area (Å²) in [7, 11) is 0. The smallest absolute Gasteiger partial charge is 0.159 e. The van der Waals surface area contributed by atoms with Gasteiger partial charge in [-0.05, 0) is 26.2 Å². The van der Waals surface area contributed by atoms with Crippen LogP contribution in [0.2, 0.25) is 0 Å². The van der Waals surface area contributed by atoms with E-state index in [2.05, 4.69) is 23.8 Å². The van der Waals surface area contributed by atoms with Gasteiger partial charge in [-0.15, -0.1) is 0 Å². The lowest BCUT2D eigenvalue weighted by molar-refractivity contribution is 0.0700. The topological polar surface area (TPSA) is 61.0 Å². The molecule has 1 heterocycles. The summed E-state index contributed by atoms with van der Waals surface area (Å²) < 4.78 is 5.46. The minimum absolute atomic E-state index is 0.0978. The summed E-state index contributed by atoms with van der Waals surface area (Å²) in [5.41, 5.74) is 6.75. The highest BCUT2D eigenvalue weighted by Crippen LogP contribution is 2.16. The monoisotopic (exact) mass is 223 g/mol. The number of nitrogen functional groups attached to an aromatic ring is 1. The number of aromatic nitrogens is 2. The van der Waals surface area contributed by atoms with Crippen molar-refractivity contribution in [1.29, 1.82) is 0 Å². The van der Waals surface area contributed by atoms with Crippen LogP contribution >= 0.6 is 0 Å². The molecule has 1 atom stereocenters. The van der Waals surface area contributed by atoms with Crippen molar-refractivity contribution in [3.63, 3.8) is 0 Å². The van der Waals surface area contributed by atoms with E-state index in [1.54, 1.807) is 0 Å². The van der Waals surface area contributed by atoms with Gasteiger partial charge in [0.2, 0.25) is 0 Å². The molecule has 4 heteroatoms. The van der Waals surface area contributed by atoms with Crippen molar-refractivity contribution in [3.8, 4) is 0 Å². The number of hydrogen-bond donors (Lipinski definition) is 1. The van der Waals surface area contributed by atoms with E-state index in [9.17, 15) is 0 Å². The largest absolute Gasteiger partial charge is 0.384 e. The Hall–Kier alpha value is -1.16. The van der Waals surface area contributed by atoms with Crippen LogP contribution in [0.5, 0.6) is 0 Å². The Kier molecular flexibility index (Phi) is 4.68.